The molecule has 0 radical (unpaired) electrons. The van der Waals surface area contributed by atoms with Gasteiger partial charge in [-0.2, -0.15) is 13.2 Å². The van der Waals surface area contributed by atoms with Crippen LogP contribution in [-0.4, -0.2) is 44.4 Å². The highest BCUT2D eigenvalue weighted by molar-refractivity contribution is 5.77. The zero-order chi connectivity index (χ0) is 12.7. The van der Waals surface area contributed by atoms with E-state index in [-0.39, 0.29) is 12.6 Å². The number of alkyl halides is 3. The second-order valence-electron chi connectivity index (χ2n) is 4.05. The lowest BCUT2D eigenvalue weighted by molar-refractivity contribution is -0.141. The first-order chi connectivity index (χ1) is 7.97. The van der Waals surface area contributed by atoms with Crippen LogP contribution in [0.25, 0.3) is 0 Å². The van der Waals surface area contributed by atoms with Gasteiger partial charge >= 0.3 is 6.18 Å². The molecular formula is C10H17F3N2O2. The number of amides is 1. The summed E-state index contributed by atoms with van der Waals surface area (Å²) in [6.45, 7) is -0.348. The van der Waals surface area contributed by atoms with Gasteiger partial charge in [-0.15, -0.1) is 0 Å². The number of carbonyl (C=O) groups excluding carboxylic acids is 1. The molecular weight excluding hydrogens is 237 g/mol. The summed E-state index contributed by atoms with van der Waals surface area (Å²) in [5, 5.41) is 4.96. The molecule has 4 nitrogen and oxygen atoms in total. The Morgan fingerprint density at radius 2 is 2.18 bits per heavy atom. The van der Waals surface area contributed by atoms with Crippen molar-refractivity contribution in [3.05, 3.63) is 0 Å². The van der Waals surface area contributed by atoms with Crippen molar-refractivity contribution in [3.63, 3.8) is 0 Å². The number of carbonyl (C=O) groups is 1. The summed E-state index contributed by atoms with van der Waals surface area (Å²) in [7, 11) is 0. The van der Waals surface area contributed by atoms with Gasteiger partial charge in [-0.3, -0.25) is 4.79 Å². The minimum absolute atomic E-state index is 0.208. The van der Waals surface area contributed by atoms with Crippen LogP contribution >= 0.6 is 0 Å². The van der Waals surface area contributed by atoms with Gasteiger partial charge in [-0.1, -0.05) is 6.42 Å². The van der Waals surface area contributed by atoms with Crippen molar-refractivity contribution >= 4 is 5.91 Å². The molecule has 0 aromatic heterocycles. The van der Waals surface area contributed by atoms with Crippen LogP contribution in [0.4, 0.5) is 13.2 Å². The summed E-state index contributed by atoms with van der Waals surface area (Å²) in [6, 6.07) is 0.208. The van der Waals surface area contributed by atoms with Crippen molar-refractivity contribution in [2.45, 2.75) is 31.5 Å². The SMILES string of the molecule is O=C(COCC1CCCCN1)NCC(F)(F)F. The fourth-order valence-electron chi connectivity index (χ4n) is 1.61. The lowest BCUT2D eigenvalue weighted by Crippen LogP contribution is -2.40. The zero-order valence-corrected chi connectivity index (χ0v) is 9.48. The summed E-state index contributed by atoms with van der Waals surface area (Å²) in [5.74, 6) is -0.738. The average Bonchev–Trinajstić information content (AvgIpc) is 2.27. The van der Waals surface area contributed by atoms with E-state index >= 15 is 0 Å². The number of ether oxygens (including phenoxy) is 1. The smallest absolute Gasteiger partial charge is 0.370 e. The number of halogens is 3. The highest BCUT2D eigenvalue weighted by Gasteiger charge is 2.27. The van der Waals surface area contributed by atoms with E-state index in [1.54, 1.807) is 5.32 Å². The third-order valence-electron chi connectivity index (χ3n) is 2.45. The fourth-order valence-corrected chi connectivity index (χ4v) is 1.61. The Hall–Kier alpha value is -0.820. The zero-order valence-electron chi connectivity index (χ0n) is 9.48. The van der Waals surface area contributed by atoms with Gasteiger partial charge in [0.05, 0.1) is 6.61 Å². The minimum atomic E-state index is -4.37. The van der Waals surface area contributed by atoms with E-state index in [1.165, 1.54) is 0 Å². The molecule has 1 atom stereocenters. The van der Waals surface area contributed by atoms with Crippen LogP contribution in [0.5, 0.6) is 0 Å². The van der Waals surface area contributed by atoms with E-state index in [0.717, 1.165) is 25.8 Å². The maximum absolute atomic E-state index is 11.8. The average molecular weight is 254 g/mol. The molecule has 1 aliphatic heterocycles. The maximum Gasteiger partial charge on any atom is 0.405 e. The third-order valence-corrected chi connectivity index (χ3v) is 2.45. The van der Waals surface area contributed by atoms with E-state index in [0.29, 0.717) is 6.61 Å². The van der Waals surface area contributed by atoms with Gasteiger partial charge in [0, 0.05) is 6.04 Å². The van der Waals surface area contributed by atoms with Crippen LogP contribution in [0, 0.1) is 0 Å². The summed E-state index contributed by atoms with van der Waals surface area (Å²) in [6.07, 6.45) is -1.16. The van der Waals surface area contributed by atoms with Crippen molar-refractivity contribution in [3.8, 4) is 0 Å². The second kappa shape index (κ2) is 6.80. The predicted octanol–water partition coefficient (Wildman–Crippen LogP) is 0.824. The highest BCUT2D eigenvalue weighted by atomic mass is 19.4. The van der Waals surface area contributed by atoms with E-state index in [2.05, 4.69) is 5.32 Å². The van der Waals surface area contributed by atoms with Crippen LogP contribution in [0.1, 0.15) is 19.3 Å². The van der Waals surface area contributed by atoms with Crippen LogP contribution in [0.3, 0.4) is 0 Å². The molecule has 0 bridgehead atoms. The number of hydrogen-bond acceptors (Lipinski definition) is 3. The summed E-state index contributed by atoms with van der Waals surface area (Å²) in [5.41, 5.74) is 0. The molecule has 1 unspecified atom stereocenters. The quantitative estimate of drug-likeness (QED) is 0.764. The summed E-state index contributed by atoms with van der Waals surface area (Å²) in [4.78, 5) is 11.0. The molecule has 0 saturated carbocycles. The molecule has 0 spiro atoms. The Kier molecular flexibility index (Phi) is 5.70. The van der Waals surface area contributed by atoms with Crippen molar-refractivity contribution in [1.29, 1.82) is 0 Å². The fraction of sp³-hybridized carbons (Fsp3) is 0.900. The van der Waals surface area contributed by atoms with Gasteiger partial charge in [-0.05, 0) is 19.4 Å². The Balaban J connectivity index is 2.03. The minimum Gasteiger partial charge on any atom is -0.370 e. The van der Waals surface area contributed by atoms with Gasteiger partial charge < -0.3 is 15.4 Å². The van der Waals surface area contributed by atoms with E-state index < -0.39 is 18.6 Å². The monoisotopic (exact) mass is 254 g/mol. The number of nitrogens with one attached hydrogen (secondary N) is 2. The second-order valence-corrected chi connectivity index (χ2v) is 4.05. The normalized spacial score (nSPS) is 21.2. The predicted molar refractivity (Wildman–Crippen MR) is 55.5 cm³/mol. The largest absolute Gasteiger partial charge is 0.405 e. The van der Waals surface area contributed by atoms with Crippen LogP contribution < -0.4 is 10.6 Å². The molecule has 1 aliphatic rings. The lowest BCUT2D eigenvalue weighted by atomic mass is 10.1. The van der Waals surface area contributed by atoms with Crippen molar-refractivity contribution in [2.75, 3.05) is 26.3 Å². The van der Waals surface area contributed by atoms with Crippen LogP contribution in [-0.2, 0) is 9.53 Å². The standard InChI is InChI=1S/C10H17F3N2O2/c11-10(12,13)7-15-9(16)6-17-5-8-3-1-2-4-14-8/h8,14H,1-7H2,(H,15,16). The highest BCUT2D eigenvalue weighted by Crippen LogP contribution is 2.12. The first kappa shape index (κ1) is 14.2. The molecule has 1 fully saturated rings. The topological polar surface area (TPSA) is 50.4 Å². The lowest BCUT2D eigenvalue weighted by Gasteiger charge is -2.23. The van der Waals surface area contributed by atoms with Crippen LogP contribution in [0.15, 0.2) is 0 Å². The number of rotatable bonds is 5. The van der Waals surface area contributed by atoms with Gasteiger partial charge in [0.1, 0.15) is 13.2 Å². The summed E-state index contributed by atoms with van der Waals surface area (Å²) >= 11 is 0. The molecule has 17 heavy (non-hydrogen) atoms. The molecule has 1 rings (SSSR count). The maximum atomic E-state index is 11.8. The van der Waals surface area contributed by atoms with E-state index in [9.17, 15) is 18.0 Å². The molecule has 100 valence electrons. The molecule has 1 saturated heterocycles. The third kappa shape index (κ3) is 7.17. The Morgan fingerprint density at radius 1 is 1.41 bits per heavy atom. The number of piperidine rings is 1. The van der Waals surface area contributed by atoms with Crippen molar-refractivity contribution in [2.24, 2.45) is 0 Å². The van der Waals surface area contributed by atoms with Gasteiger partial charge in [0.15, 0.2) is 0 Å². The first-order valence-corrected chi connectivity index (χ1v) is 5.62. The molecule has 7 heteroatoms. The Bertz CT molecular complexity index is 240. The molecule has 1 amide bonds. The summed E-state index contributed by atoms with van der Waals surface area (Å²) < 4.78 is 40.3. The van der Waals surface area contributed by atoms with Gasteiger partial charge in [-0.25, -0.2) is 0 Å². The van der Waals surface area contributed by atoms with Gasteiger partial charge in [0.2, 0.25) is 5.91 Å². The molecule has 0 aliphatic carbocycles. The molecule has 1 heterocycles. The van der Waals surface area contributed by atoms with E-state index in [1.807, 2.05) is 0 Å². The molecule has 0 aromatic rings. The van der Waals surface area contributed by atoms with E-state index in [4.69, 9.17) is 4.74 Å². The van der Waals surface area contributed by atoms with Gasteiger partial charge in [0.25, 0.3) is 0 Å². The number of hydrogen-bond donors (Lipinski definition) is 2. The van der Waals surface area contributed by atoms with Crippen molar-refractivity contribution in [1.82, 2.24) is 10.6 Å². The Labute approximate surface area is 97.9 Å². The molecule has 0 aromatic carbocycles. The van der Waals surface area contributed by atoms with Crippen molar-refractivity contribution < 1.29 is 22.7 Å². The molecule has 2 N–H and O–H groups in total. The van der Waals surface area contributed by atoms with Crippen LogP contribution in [0.2, 0.25) is 0 Å². The Morgan fingerprint density at radius 3 is 2.76 bits per heavy atom. The first-order valence-electron chi connectivity index (χ1n) is 5.62.